The first-order valence-corrected chi connectivity index (χ1v) is 6.54. The van der Waals surface area contributed by atoms with Gasteiger partial charge in [-0.15, -0.1) is 0 Å². The molecule has 0 heterocycles. The molecule has 0 bridgehead atoms. The Labute approximate surface area is 113 Å². The zero-order chi connectivity index (χ0) is 14.9. The van der Waals surface area contributed by atoms with E-state index < -0.39 is 6.37 Å². The summed E-state index contributed by atoms with van der Waals surface area (Å²) >= 11 is 0. The molecule has 0 radical (unpaired) electrons. The minimum absolute atomic E-state index is 0.728. The van der Waals surface area contributed by atoms with Crippen LogP contribution in [-0.4, -0.2) is 0 Å². The van der Waals surface area contributed by atoms with E-state index in [-0.39, 0.29) is 0 Å². The quantitative estimate of drug-likeness (QED) is 0.725. The fourth-order valence-electron chi connectivity index (χ4n) is 2.12. The molecule has 0 aliphatic heterocycles. The molecule has 0 fully saturated rings. The van der Waals surface area contributed by atoms with E-state index >= 15 is 0 Å². The smallest absolute Gasteiger partial charge is 0.0366 e. The Balaban J connectivity index is 2.50. The van der Waals surface area contributed by atoms with Gasteiger partial charge in [-0.3, -0.25) is 0 Å². The van der Waals surface area contributed by atoms with Gasteiger partial charge in [0.2, 0.25) is 0 Å². The first-order chi connectivity index (χ1) is 9.36. The Kier molecular flexibility index (Phi) is 3.11. The Hall–Kier alpha value is -1.56. The number of aryl methyl sites for hydroxylation is 4. The molecular weight excluding hydrogens is 216 g/mol. The molecule has 0 aliphatic carbocycles. The Bertz CT molecular complexity index is 627. The van der Waals surface area contributed by atoms with Gasteiger partial charge in [0.1, 0.15) is 0 Å². The molecule has 94 valence electrons. The number of hydrogen-bond donors (Lipinski definition) is 0. The molecule has 0 nitrogen and oxygen atoms in total. The highest BCUT2D eigenvalue weighted by Gasteiger charge is 2.01. The van der Waals surface area contributed by atoms with Crippen LogP contribution in [0.1, 0.15) is 43.0 Å². The van der Waals surface area contributed by atoms with Crippen LogP contribution in [0.2, 0.25) is 0 Å². The monoisotopic (exact) mass is 240 g/mol. The van der Waals surface area contributed by atoms with Crippen molar-refractivity contribution in [1.29, 1.82) is 0 Å². The van der Waals surface area contributed by atoms with Gasteiger partial charge in [-0.25, -0.2) is 0 Å². The van der Waals surface area contributed by atoms with E-state index in [1.807, 2.05) is 43.3 Å². The van der Waals surface area contributed by atoms with E-state index in [2.05, 4.69) is 20.8 Å². The predicted octanol–water partition coefficient (Wildman–Crippen LogP) is 4.77. The van der Waals surface area contributed by atoms with Gasteiger partial charge >= 0.3 is 0 Å². The van der Waals surface area contributed by atoms with Crippen LogP contribution < -0.4 is 0 Å². The maximum atomic E-state index is 8.48. The van der Waals surface area contributed by atoms with Crippen molar-refractivity contribution in [3.8, 4) is 0 Å². The van der Waals surface area contributed by atoms with Crippen molar-refractivity contribution in [2.45, 2.75) is 40.5 Å². The molecule has 0 N–H and O–H groups in total. The molecule has 0 saturated heterocycles. The van der Waals surface area contributed by atoms with Crippen molar-refractivity contribution in [3.05, 3.63) is 69.8 Å². The van der Waals surface area contributed by atoms with Crippen LogP contribution in [0.25, 0.3) is 0 Å². The van der Waals surface area contributed by atoms with Gasteiger partial charge in [0.25, 0.3) is 0 Å². The average Bonchev–Trinajstić information content (AvgIpc) is 2.42. The number of rotatable bonds is 3. The molecule has 0 amide bonds. The van der Waals surface area contributed by atoms with E-state index in [9.17, 15) is 0 Å². The summed E-state index contributed by atoms with van der Waals surface area (Å²) in [6.07, 6.45) is -0.515. The van der Waals surface area contributed by atoms with E-state index in [0.29, 0.717) is 0 Å². The van der Waals surface area contributed by atoms with Crippen LogP contribution >= 0.6 is 0 Å². The topological polar surface area (TPSA) is 0 Å². The second-order valence-corrected chi connectivity index (χ2v) is 4.92. The minimum Gasteiger partial charge on any atom is -0.0613 e. The number of benzene rings is 2. The van der Waals surface area contributed by atoms with Gasteiger partial charge in [0, 0.05) is 2.74 Å². The second kappa shape index (κ2) is 5.39. The van der Waals surface area contributed by atoms with E-state index in [1.165, 1.54) is 16.7 Å². The Morgan fingerprint density at radius 2 is 1.44 bits per heavy atom. The fraction of sp³-hybridized carbons (Fsp3) is 0.333. The second-order valence-electron chi connectivity index (χ2n) is 4.92. The van der Waals surface area contributed by atoms with Crippen molar-refractivity contribution in [2.24, 2.45) is 0 Å². The normalized spacial score (nSPS) is 13.1. The summed E-state index contributed by atoms with van der Waals surface area (Å²) in [7, 11) is 0. The van der Waals surface area contributed by atoms with Crippen LogP contribution in [0.5, 0.6) is 0 Å². The Morgan fingerprint density at radius 3 is 2.06 bits per heavy atom. The minimum atomic E-state index is -1.45. The van der Waals surface area contributed by atoms with Gasteiger partial charge in [0.15, 0.2) is 0 Å². The molecule has 0 atom stereocenters. The summed E-state index contributed by atoms with van der Waals surface area (Å²) < 4.78 is 17.0. The Morgan fingerprint density at radius 1 is 0.833 bits per heavy atom. The van der Waals surface area contributed by atoms with Crippen LogP contribution in [-0.2, 0) is 12.8 Å². The lowest BCUT2D eigenvalue weighted by molar-refractivity contribution is 1.08. The first-order valence-electron chi connectivity index (χ1n) is 7.54. The van der Waals surface area contributed by atoms with Gasteiger partial charge < -0.3 is 0 Å². The van der Waals surface area contributed by atoms with Crippen molar-refractivity contribution in [3.63, 3.8) is 0 Å². The number of hydrogen-bond acceptors (Lipinski definition) is 0. The summed E-state index contributed by atoms with van der Waals surface area (Å²) in [4.78, 5) is 0. The molecule has 0 heteroatoms. The maximum absolute atomic E-state index is 8.48. The first kappa shape index (κ1) is 10.4. The SMILES string of the molecule is [2H]C([2H])(c1ccc(C)c(C)c1)c1ccc(C)c(CC)c1. The van der Waals surface area contributed by atoms with Crippen molar-refractivity contribution in [1.82, 2.24) is 0 Å². The molecule has 0 spiro atoms. The van der Waals surface area contributed by atoms with E-state index in [1.54, 1.807) is 0 Å². The van der Waals surface area contributed by atoms with Gasteiger partial charge in [0.05, 0.1) is 0 Å². The molecule has 2 aromatic rings. The van der Waals surface area contributed by atoms with Crippen molar-refractivity contribution in [2.75, 3.05) is 0 Å². The molecule has 0 saturated carbocycles. The zero-order valence-electron chi connectivity index (χ0n) is 13.7. The third kappa shape index (κ3) is 2.81. The van der Waals surface area contributed by atoms with Crippen molar-refractivity contribution >= 4 is 0 Å². The fourth-order valence-corrected chi connectivity index (χ4v) is 2.12. The van der Waals surface area contributed by atoms with Crippen LogP contribution in [0.4, 0.5) is 0 Å². The molecule has 2 rings (SSSR count). The maximum Gasteiger partial charge on any atom is 0.0366 e. The highest BCUT2D eigenvalue weighted by atomic mass is 14.1. The van der Waals surface area contributed by atoms with Crippen LogP contribution in [0.3, 0.4) is 0 Å². The highest BCUT2D eigenvalue weighted by Crippen LogP contribution is 2.17. The molecule has 0 aliphatic rings. The average molecular weight is 240 g/mol. The van der Waals surface area contributed by atoms with E-state index in [4.69, 9.17) is 2.74 Å². The third-order valence-electron chi connectivity index (χ3n) is 3.53. The summed E-state index contributed by atoms with van der Waals surface area (Å²) in [6, 6.07) is 11.8. The molecular formula is C18H22. The standard InChI is InChI=1S/C18H22/c1-5-18-12-17(9-7-14(18)3)11-16-8-6-13(2)15(4)10-16/h6-10,12H,5,11H2,1-4H3/i11D2. The van der Waals surface area contributed by atoms with Crippen LogP contribution in [0, 0.1) is 20.8 Å². The summed E-state index contributed by atoms with van der Waals surface area (Å²) in [6.45, 7) is 8.27. The highest BCUT2D eigenvalue weighted by molar-refractivity contribution is 5.36. The van der Waals surface area contributed by atoms with Gasteiger partial charge in [-0.05, 0) is 66.9 Å². The zero-order valence-corrected chi connectivity index (χ0v) is 11.7. The third-order valence-corrected chi connectivity index (χ3v) is 3.53. The van der Waals surface area contributed by atoms with Crippen molar-refractivity contribution < 1.29 is 2.74 Å². The molecule has 2 aromatic carbocycles. The van der Waals surface area contributed by atoms with Crippen LogP contribution in [0.15, 0.2) is 36.4 Å². The predicted molar refractivity (Wildman–Crippen MR) is 79.3 cm³/mol. The summed E-state index contributed by atoms with van der Waals surface area (Å²) in [5.74, 6) is 0. The largest absolute Gasteiger partial charge is 0.0613 e. The molecule has 0 aromatic heterocycles. The lowest BCUT2D eigenvalue weighted by Gasteiger charge is -2.09. The molecule has 18 heavy (non-hydrogen) atoms. The summed E-state index contributed by atoms with van der Waals surface area (Å²) in [5.41, 5.74) is 6.24. The van der Waals surface area contributed by atoms with Gasteiger partial charge in [-0.2, -0.15) is 0 Å². The summed E-state index contributed by atoms with van der Waals surface area (Å²) in [5, 5.41) is 0. The molecule has 0 unspecified atom stereocenters. The van der Waals surface area contributed by atoms with Gasteiger partial charge in [-0.1, -0.05) is 43.3 Å². The lowest BCUT2D eigenvalue weighted by atomic mass is 9.97. The van der Waals surface area contributed by atoms with E-state index in [0.717, 1.165) is 23.1 Å². The lowest BCUT2D eigenvalue weighted by Crippen LogP contribution is -1.94.